The van der Waals surface area contributed by atoms with Gasteiger partial charge in [0, 0.05) is 17.1 Å². The Morgan fingerprint density at radius 3 is 2.68 bits per heavy atom. The monoisotopic (exact) mass is 415 g/mol. The largest absolute Gasteiger partial charge is 0.368 e. The third-order valence-electron chi connectivity index (χ3n) is 3.70. The van der Waals surface area contributed by atoms with Gasteiger partial charge in [0.1, 0.15) is 0 Å². The molecule has 0 spiro atoms. The lowest BCUT2D eigenvalue weighted by atomic mass is 10.2. The Labute approximate surface area is 165 Å². The molecule has 0 saturated heterocycles. The maximum Gasteiger partial charge on any atom is 0.267 e. The number of amides is 1. The minimum atomic E-state index is -0.951. The lowest BCUT2D eigenvalue weighted by Gasteiger charge is -2.00. The number of benzene rings is 1. The van der Waals surface area contributed by atoms with Crippen molar-refractivity contribution in [3.63, 3.8) is 0 Å². The Kier molecular flexibility index (Phi) is 4.80. The van der Waals surface area contributed by atoms with E-state index >= 15 is 0 Å². The number of nitrogens with two attached hydrogens (primary N) is 1. The van der Waals surface area contributed by atoms with E-state index in [-0.39, 0.29) is 11.9 Å². The summed E-state index contributed by atoms with van der Waals surface area (Å²) < 4.78 is 26.4. The predicted molar refractivity (Wildman–Crippen MR) is 105 cm³/mol. The number of nitrogens with one attached hydrogen (secondary N) is 1. The summed E-state index contributed by atoms with van der Waals surface area (Å²) in [5.74, 6) is -2.05. The van der Waals surface area contributed by atoms with Gasteiger partial charge in [-0.15, -0.1) is 22.7 Å². The van der Waals surface area contributed by atoms with E-state index in [1.807, 2.05) is 0 Å². The quantitative estimate of drug-likeness (QED) is 0.514. The molecule has 1 amide bonds. The summed E-state index contributed by atoms with van der Waals surface area (Å²) in [7, 11) is 0. The van der Waals surface area contributed by atoms with Crippen LogP contribution in [0.3, 0.4) is 0 Å². The average molecular weight is 415 g/mol. The summed E-state index contributed by atoms with van der Waals surface area (Å²) in [6.45, 7) is 0. The Morgan fingerprint density at radius 1 is 1.04 bits per heavy atom. The van der Waals surface area contributed by atoms with Crippen LogP contribution in [0.2, 0.25) is 0 Å². The minimum absolute atomic E-state index is 0.157. The van der Waals surface area contributed by atoms with Crippen LogP contribution < -0.4 is 11.1 Å². The first kappa shape index (κ1) is 18.1. The van der Waals surface area contributed by atoms with Crippen LogP contribution in [0.1, 0.15) is 9.67 Å². The number of nitrogen functional groups attached to an aromatic ring is 1. The molecule has 0 unspecified atom stereocenters. The van der Waals surface area contributed by atoms with E-state index in [1.165, 1.54) is 28.7 Å². The molecule has 0 aliphatic rings. The van der Waals surface area contributed by atoms with Gasteiger partial charge in [-0.3, -0.25) is 10.1 Å². The second-order valence-electron chi connectivity index (χ2n) is 5.58. The molecule has 3 N–H and O–H groups in total. The first-order valence-corrected chi connectivity index (χ1v) is 9.60. The number of thiophene rings is 1. The van der Waals surface area contributed by atoms with Gasteiger partial charge in [0.15, 0.2) is 16.8 Å². The molecule has 0 fully saturated rings. The van der Waals surface area contributed by atoms with Gasteiger partial charge in [-0.1, -0.05) is 0 Å². The van der Waals surface area contributed by atoms with Crippen molar-refractivity contribution in [2.75, 3.05) is 11.1 Å². The van der Waals surface area contributed by atoms with Gasteiger partial charge in [-0.25, -0.2) is 23.7 Å². The van der Waals surface area contributed by atoms with Gasteiger partial charge >= 0.3 is 0 Å². The highest BCUT2D eigenvalue weighted by molar-refractivity contribution is 7.17. The number of carbonyl (C=O) groups is 1. The zero-order valence-electron chi connectivity index (χ0n) is 14.0. The van der Waals surface area contributed by atoms with Crippen molar-refractivity contribution in [2.24, 2.45) is 0 Å². The zero-order valence-corrected chi connectivity index (χ0v) is 15.7. The summed E-state index contributed by atoms with van der Waals surface area (Å²) >= 11 is 2.45. The van der Waals surface area contributed by atoms with Crippen molar-refractivity contribution in [3.05, 3.63) is 64.5 Å². The first-order chi connectivity index (χ1) is 13.5. The minimum Gasteiger partial charge on any atom is -0.368 e. The highest BCUT2D eigenvalue weighted by Crippen LogP contribution is 2.29. The van der Waals surface area contributed by atoms with Crippen LogP contribution in [0.25, 0.3) is 21.8 Å². The molecule has 4 rings (SSSR count). The highest BCUT2D eigenvalue weighted by atomic mass is 32.1. The standard InChI is InChI=1S/C18H11F2N5OS2/c19-10-2-1-9(7-11(10)20)13-8-27-18(24-13)25-16(26)15-4-3-14(28-15)12-5-6-22-17(21)23-12/h1-8H,(H2,21,22,23)(H,24,25,26). The van der Waals surface area contributed by atoms with Gasteiger partial charge < -0.3 is 5.73 Å². The number of thiazole rings is 1. The summed E-state index contributed by atoms with van der Waals surface area (Å²) in [6.07, 6.45) is 1.55. The van der Waals surface area contributed by atoms with Crippen molar-refractivity contribution < 1.29 is 13.6 Å². The Hall–Kier alpha value is -3.24. The summed E-state index contributed by atoms with van der Waals surface area (Å²) in [4.78, 5) is 25.9. The Balaban J connectivity index is 1.50. The molecule has 0 aliphatic carbocycles. The second kappa shape index (κ2) is 7.41. The van der Waals surface area contributed by atoms with Crippen LogP contribution >= 0.6 is 22.7 Å². The van der Waals surface area contributed by atoms with Crippen LogP contribution in [0.5, 0.6) is 0 Å². The number of carbonyl (C=O) groups excluding carboxylic acids is 1. The molecule has 0 aliphatic heterocycles. The Morgan fingerprint density at radius 2 is 1.89 bits per heavy atom. The molecule has 140 valence electrons. The van der Waals surface area contributed by atoms with Crippen LogP contribution in [0.4, 0.5) is 19.9 Å². The van der Waals surface area contributed by atoms with Crippen molar-refractivity contribution in [2.45, 2.75) is 0 Å². The fraction of sp³-hybridized carbons (Fsp3) is 0. The topological polar surface area (TPSA) is 93.8 Å². The Bertz CT molecular complexity index is 1170. The SMILES string of the molecule is Nc1nccc(-c2ccc(C(=O)Nc3nc(-c4ccc(F)c(F)c4)cs3)s2)n1. The molecule has 10 heteroatoms. The maximum absolute atomic E-state index is 13.4. The highest BCUT2D eigenvalue weighted by Gasteiger charge is 2.14. The molecule has 0 radical (unpaired) electrons. The van der Waals surface area contributed by atoms with Crippen molar-refractivity contribution in [1.29, 1.82) is 0 Å². The van der Waals surface area contributed by atoms with Crippen LogP contribution in [0, 0.1) is 11.6 Å². The smallest absolute Gasteiger partial charge is 0.267 e. The fourth-order valence-corrected chi connectivity index (χ4v) is 3.97. The average Bonchev–Trinajstić information content (AvgIpc) is 3.34. The third-order valence-corrected chi connectivity index (χ3v) is 5.56. The van der Waals surface area contributed by atoms with Gasteiger partial charge in [0.05, 0.1) is 21.1 Å². The zero-order chi connectivity index (χ0) is 19.7. The molecular formula is C18H11F2N5OS2. The lowest BCUT2D eigenvalue weighted by Crippen LogP contribution is -2.09. The molecule has 0 bridgehead atoms. The number of aromatic nitrogens is 3. The van der Waals surface area contributed by atoms with Crippen LogP contribution in [-0.4, -0.2) is 20.9 Å². The fourth-order valence-electron chi connectivity index (χ4n) is 2.39. The van der Waals surface area contributed by atoms with Gasteiger partial charge in [-0.05, 0) is 36.4 Å². The molecule has 6 nitrogen and oxygen atoms in total. The number of rotatable bonds is 4. The van der Waals surface area contributed by atoms with Crippen molar-refractivity contribution in [3.8, 4) is 21.8 Å². The van der Waals surface area contributed by atoms with E-state index in [0.29, 0.717) is 27.0 Å². The lowest BCUT2D eigenvalue weighted by molar-refractivity contribution is 0.103. The number of anilines is 2. The van der Waals surface area contributed by atoms with E-state index in [1.54, 1.807) is 29.8 Å². The molecule has 0 atom stereocenters. The molecule has 4 aromatic rings. The summed E-state index contributed by atoms with van der Waals surface area (Å²) in [6, 6.07) is 8.69. The molecular weight excluding hydrogens is 404 g/mol. The third kappa shape index (κ3) is 3.73. The first-order valence-electron chi connectivity index (χ1n) is 7.90. The van der Waals surface area contributed by atoms with E-state index in [2.05, 4.69) is 20.3 Å². The number of nitrogens with zero attached hydrogens (tertiary/aromatic N) is 3. The molecule has 3 heterocycles. The van der Waals surface area contributed by atoms with Crippen LogP contribution in [0.15, 0.2) is 48.0 Å². The van der Waals surface area contributed by atoms with Crippen LogP contribution in [-0.2, 0) is 0 Å². The van der Waals surface area contributed by atoms with E-state index < -0.39 is 11.6 Å². The second-order valence-corrected chi connectivity index (χ2v) is 7.53. The van der Waals surface area contributed by atoms with Crippen molar-refractivity contribution in [1.82, 2.24) is 15.0 Å². The number of halogens is 2. The van der Waals surface area contributed by atoms with E-state index in [4.69, 9.17) is 5.73 Å². The summed E-state index contributed by atoms with van der Waals surface area (Å²) in [5, 5.41) is 4.72. The molecule has 0 saturated carbocycles. The molecule has 28 heavy (non-hydrogen) atoms. The maximum atomic E-state index is 13.4. The summed E-state index contributed by atoms with van der Waals surface area (Å²) in [5.41, 5.74) is 7.09. The van der Waals surface area contributed by atoms with Crippen molar-refractivity contribution >= 4 is 39.7 Å². The normalized spacial score (nSPS) is 10.8. The van der Waals surface area contributed by atoms with Gasteiger partial charge in [0.25, 0.3) is 5.91 Å². The number of hydrogen-bond donors (Lipinski definition) is 2. The molecule has 1 aromatic carbocycles. The van der Waals surface area contributed by atoms with Gasteiger partial charge in [-0.2, -0.15) is 0 Å². The van der Waals surface area contributed by atoms with Gasteiger partial charge in [0.2, 0.25) is 5.95 Å². The number of hydrogen-bond acceptors (Lipinski definition) is 7. The molecule has 3 aromatic heterocycles. The predicted octanol–water partition coefficient (Wildman–Crippen LogP) is 4.44. The van der Waals surface area contributed by atoms with E-state index in [0.717, 1.165) is 17.0 Å². The van der Waals surface area contributed by atoms with E-state index in [9.17, 15) is 13.6 Å².